The van der Waals surface area contributed by atoms with Gasteiger partial charge < -0.3 is 10.2 Å². The van der Waals surface area contributed by atoms with E-state index in [2.05, 4.69) is 0 Å². The van der Waals surface area contributed by atoms with Crippen LogP contribution in [0.5, 0.6) is 5.75 Å². The average molecular weight is 266 g/mol. The zero-order valence-electron chi connectivity index (χ0n) is 10.5. The van der Waals surface area contributed by atoms with E-state index in [0.29, 0.717) is 18.4 Å². The van der Waals surface area contributed by atoms with E-state index < -0.39 is 11.4 Å². The molecule has 0 radical (unpaired) electrons. The minimum Gasteiger partial charge on any atom is -0.508 e. The molecule has 1 aliphatic rings. The molecule has 0 bridgehead atoms. The normalized spacial score (nSPS) is 18.5. The number of aliphatic carboxylic acids is 1. The molecule has 1 aliphatic carbocycles. The molecule has 98 valence electrons. The van der Waals surface area contributed by atoms with Crippen LogP contribution in [0.25, 0.3) is 0 Å². The summed E-state index contributed by atoms with van der Waals surface area (Å²) in [6, 6.07) is 5.33. The zero-order chi connectivity index (χ0) is 13.2. The molecule has 0 atom stereocenters. The van der Waals surface area contributed by atoms with Crippen molar-refractivity contribution in [1.29, 1.82) is 0 Å². The van der Waals surface area contributed by atoms with Crippen LogP contribution in [-0.4, -0.2) is 22.4 Å². The van der Waals surface area contributed by atoms with E-state index in [0.717, 1.165) is 24.2 Å². The van der Waals surface area contributed by atoms with Gasteiger partial charge in [0.15, 0.2) is 0 Å². The highest BCUT2D eigenvalue weighted by Crippen LogP contribution is 2.44. The van der Waals surface area contributed by atoms with Gasteiger partial charge in [-0.2, -0.15) is 0 Å². The first kappa shape index (κ1) is 13.3. The van der Waals surface area contributed by atoms with E-state index in [9.17, 15) is 15.0 Å². The zero-order valence-corrected chi connectivity index (χ0v) is 11.3. The first-order chi connectivity index (χ1) is 8.60. The molecule has 1 saturated carbocycles. The lowest BCUT2D eigenvalue weighted by Crippen LogP contribution is -2.37. The van der Waals surface area contributed by atoms with Gasteiger partial charge in [0.25, 0.3) is 0 Å². The maximum Gasteiger partial charge on any atom is 0.314 e. The molecule has 0 heterocycles. The summed E-state index contributed by atoms with van der Waals surface area (Å²) in [6.45, 7) is 0. The van der Waals surface area contributed by atoms with Gasteiger partial charge in [0.05, 0.1) is 5.41 Å². The summed E-state index contributed by atoms with van der Waals surface area (Å²) in [5.41, 5.74) is -0.313. The molecule has 4 heteroatoms. The standard InChI is InChI=1S/C14H18O3S/c1-18-10-5-6-11(12(15)9-10)14(13(16)17)7-3-2-4-8-14/h5-6,9,15H,2-4,7-8H2,1H3,(H,16,17). The topological polar surface area (TPSA) is 57.5 Å². The molecule has 0 spiro atoms. The maximum atomic E-state index is 11.7. The number of hydrogen-bond acceptors (Lipinski definition) is 3. The highest BCUT2D eigenvalue weighted by atomic mass is 32.2. The Balaban J connectivity index is 2.45. The van der Waals surface area contributed by atoms with Gasteiger partial charge in [0.2, 0.25) is 0 Å². The second kappa shape index (κ2) is 5.22. The van der Waals surface area contributed by atoms with Crippen LogP contribution in [0.2, 0.25) is 0 Å². The Labute approximate surface area is 111 Å². The lowest BCUT2D eigenvalue weighted by atomic mass is 9.69. The molecule has 2 N–H and O–H groups in total. The van der Waals surface area contributed by atoms with E-state index in [1.807, 2.05) is 12.3 Å². The molecule has 3 nitrogen and oxygen atoms in total. The van der Waals surface area contributed by atoms with Gasteiger partial charge in [0.1, 0.15) is 5.75 Å². The number of thioether (sulfide) groups is 1. The van der Waals surface area contributed by atoms with Crippen molar-refractivity contribution in [3.63, 3.8) is 0 Å². The minimum atomic E-state index is -0.890. The van der Waals surface area contributed by atoms with Crippen LogP contribution < -0.4 is 0 Å². The minimum absolute atomic E-state index is 0.117. The highest BCUT2D eigenvalue weighted by molar-refractivity contribution is 7.98. The Hall–Kier alpha value is -1.16. The van der Waals surface area contributed by atoms with Crippen molar-refractivity contribution in [3.05, 3.63) is 23.8 Å². The van der Waals surface area contributed by atoms with Crippen LogP contribution in [-0.2, 0) is 10.2 Å². The fourth-order valence-corrected chi connectivity index (χ4v) is 3.23. The Morgan fingerprint density at radius 2 is 1.94 bits per heavy atom. The third kappa shape index (κ3) is 2.21. The van der Waals surface area contributed by atoms with Crippen LogP contribution in [0.15, 0.2) is 23.1 Å². The number of rotatable bonds is 3. The monoisotopic (exact) mass is 266 g/mol. The first-order valence-corrected chi connectivity index (χ1v) is 7.43. The highest BCUT2D eigenvalue weighted by Gasteiger charge is 2.42. The fraction of sp³-hybridized carbons (Fsp3) is 0.500. The van der Waals surface area contributed by atoms with Gasteiger partial charge in [-0.3, -0.25) is 4.79 Å². The quantitative estimate of drug-likeness (QED) is 0.823. The lowest BCUT2D eigenvalue weighted by molar-refractivity contribution is -0.145. The summed E-state index contributed by atoms with van der Waals surface area (Å²) in [6.07, 6.45) is 6.08. The Kier molecular flexibility index (Phi) is 3.85. The summed E-state index contributed by atoms with van der Waals surface area (Å²) < 4.78 is 0. The van der Waals surface area contributed by atoms with Crippen molar-refractivity contribution in [2.75, 3.05) is 6.26 Å². The molecule has 1 aromatic rings. The van der Waals surface area contributed by atoms with Gasteiger partial charge in [-0.25, -0.2) is 0 Å². The summed E-state index contributed by atoms with van der Waals surface area (Å²) in [7, 11) is 0. The molecule has 2 rings (SSSR count). The predicted molar refractivity (Wildman–Crippen MR) is 72.3 cm³/mol. The molecule has 18 heavy (non-hydrogen) atoms. The number of phenols is 1. The van der Waals surface area contributed by atoms with Crippen LogP contribution in [0.4, 0.5) is 0 Å². The molecule has 0 aliphatic heterocycles. The van der Waals surface area contributed by atoms with Crippen molar-refractivity contribution in [2.24, 2.45) is 0 Å². The fourth-order valence-electron chi connectivity index (χ4n) is 2.80. The van der Waals surface area contributed by atoms with E-state index in [1.54, 1.807) is 12.1 Å². The van der Waals surface area contributed by atoms with Crippen LogP contribution >= 0.6 is 11.8 Å². The first-order valence-electron chi connectivity index (χ1n) is 6.21. The van der Waals surface area contributed by atoms with E-state index in [1.165, 1.54) is 11.8 Å². The number of carbonyl (C=O) groups is 1. The van der Waals surface area contributed by atoms with Crippen LogP contribution in [0.1, 0.15) is 37.7 Å². The number of aromatic hydroxyl groups is 1. The molecular weight excluding hydrogens is 248 g/mol. The largest absolute Gasteiger partial charge is 0.508 e. The predicted octanol–water partition coefficient (Wildman–Crippen LogP) is 3.40. The maximum absolute atomic E-state index is 11.7. The number of carboxylic acid groups (broad SMARTS) is 1. The lowest BCUT2D eigenvalue weighted by Gasteiger charge is -2.34. The van der Waals surface area contributed by atoms with Crippen molar-refractivity contribution >= 4 is 17.7 Å². The molecular formula is C14H18O3S. The third-order valence-electron chi connectivity index (χ3n) is 3.84. The summed E-state index contributed by atoms with van der Waals surface area (Å²) >= 11 is 1.54. The molecule has 1 aromatic carbocycles. The molecule has 0 amide bonds. The summed E-state index contributed by atoms with van der Waals surface area (Å²) in [4.78, 5) is 12.6. The Morgan fingerprint density at radius 3 is 2.44 bits per heavy atom. The van der Waals surface area contributed by atoms with E-state index in [-0.39, 0.29) is 5.75 Å². The average Bonchev–Trinajstić information content (AvgIpc) is 2.39. The van der Waals surface area contributed by atoms with Gasteiger partial charge in [-0.05, 0) is 31.2 Å². The number of benzene rings is 1. The SMILES string of the molecule is CSc1ccc(C2(C(=O)O)CCCCC2)c(O)c1. The van der Waals surface area contributed by atoms with Crippen molar-refractivity contribution in [2.45, 2.75) is 42.4 Å². The smallest absolute Gasteiger partial charge is 0.314 e. The molecule has 0 saturated heterocycles. The van der Waals surface area contributed by atoms with Crippen LogP contribution in [0, 0.1) is 0 Å². The van der Waals surface area contributed by atoms with Gasteiger partial charge in [-0.1, -0.05) is 25.3 Å². The van der Waals surface area contributed by atoms with Crippen molar-refractivity contribution in [3.8, 4) is 5.75 Å². The molecule has 1 fully saturated rings. The summed E-state index contributed by atoms with van der Waals surface area (Å²) in [5.74, 6) is -0.694. The van der Waals surface area contributed by atoms with Crippen molar-refractivity contribution < 1.29 is 15.0 Å². The third-order valence-corrected chi connectivity index (χ3v) is 4.56. The van der Waals surface area contributed by atoms with Crippen molar-refractivity contribution in [1.82, 2.24) is 0 Å². The second-order valence-corrected chi connectivity index (χ2v) is 5.71. The Bertz CT molecular complexity index is 450. The van der Waals surface area contributed by atoms with Gasteiger partial charge in [-0.15, -0.1) is 11.8 Å². The molecule has 0 unspecified atom stereocenters. The van der Waals surface area contributed by atoms with Gasteiger partial charge in [0, 0.05) is 10.5 Å². The summed E-state index contributed by atoms with van der Waals surface area (Å²) in [5, 5.41) is 19.7. The van der Waals surface area contributed by atoms with E-state index in [4.69, 9.17) is 0 Å². The number of hydrogen-bond donors (Lipinski definition) is 2. The second-order valence-electron chi connectivity index (χ2n) is 4.83. The van der Waals surface area contributed by atoms with Gasteiger partial charge >= 0.3 is 5.97 Å². The Morgan fingerprint density at radius 1 is 1.28 bits per heavy atom. The van der Waals surface area contributed by atoms with Crippen LogP contribution in [0.3, 0.4) is 0 Å². The van der Waals surface area contributed by atoms with E-state index >= 15 is 0 Å². The number of carboxylic acids is 1. The molecule has 0 aromatic heterocycles. The number of phenolic OH excluding ortho intramolecular Hbond substituents is 1.